The number of anilines is 1. The van der Waals surface area contributed by atoms with Crippen LogP contribution in [0, 0.1) is 10.2 Å². The highest BCUT2D eigenvalue weighted by molar-refractivity contribution is 6.01. The topological polar surface area (TPSA) is 182 Å². The van der Waals surface area contributed by atoms with Gasteiger partial charge >= 0.3 is 11.9 Å². The molecule has 6 rings (SSSR count). The van der Waals surface area contributed by atoms with Crippen LogP contribution in [0.2, 0.25) is 0 Å². The Labute approximate surface area is 249 Å². The maximum Gasteiger partial charge on any atom is 0.336 e. The minimum absolute atomic E-state index is 0.0531. The van der Waals surface area contributed by atoms with E-state index in [1.54, 1.807) is 0 Å². The molecule has 2 N–H and O–H groups in total. The molecule has 0 aromatic heterocycles. The van der Waals surface area contributed by atoms with Crippen LogP contribution < -0.4 is 43.4 Å². The Morgan fingerprint density at radius 1 is 0.907 bits per heavy atom. The number of fused-ring (bicyclic) bond motifs is 4. The van der Waals surface area contributed by atoms with Crippen LogP contribution in [0.5, 0.6) is 11.5 Å². The van der Waals surface area contributed by atoms with E-state index in [1.165, 1.54) is 29.3 Å². The van der Waals surface area contributed by atoms with E-state index in [-0.39, 0.29) is 11.1 Å². The van der Waals surface area contributed by atoms with Crippen molar-refractivity contribution in [1.82, 2.24) is 4.58 Å². The van der Waals surface area contributed by atoms with Crippen molar-refractivity contribution in [1.29, 1.82) is 0 Å². The van der Waals surface area contributed by atoms with Gasteiger partial charge in [0.1, 0.15) is 24.6 Å². The molecule has 0 spiro atoms. The summed E-state index contributed by atoms with van der Waals surface area (Å²) in [5.74, 6) is -0.849. The Hall–Kier alpha value is -4.00. The van der Waals surface area contributed by atoms with Gasteiger partial charge < -0.3 is 19.8 Å². The molecule has 0 bridgehead atoms. The fraction of sp³-hybridized carbons (Fsp3) is 0.323. The van der Waals surface area contributed by atoms with Crippen molar-refractivity contribution in [3.05, 3.63) is 86.4 Å². The first-order valence-corrected chi connectivity index (χ1v) is 15.2. The van der Waals surface area contributed by atoms with Crippen molar-refractivity contribution in [2.45, 2.75) is 39.5 Å². The lowest BCUT2D eigenvalue weighted by atomic mass is 9.86. The smallest absolute Gasteiger partial charge is 0.336 e. The summed E-state index contributed by atoms with van der Waals surface area (Å²) in [6.07, 6.45) is 3.94. The van der Waals surface area contributed by atoms with Gasteiger partial charge in [0, 0.05) is 53.2 Å². The molecule has 3 aromatic carbocycles. The lowest BCUT2D eigenvalue weighted by molar-refractivity contribution is -2.00. The number of carbonyl (C=O) groups is 2. The third-order valence-electron chi connectivity index (χ3n) is 8.08. The third-order valence-corrected chi connectivity index (χ3v) is 8.08. The van der Waals surface area contributed by atoms with Crippen LogP contribution in [-0.4, -0.2) is 48.3 Å². The number of carboxylic acid groups (broad SMARTS) is 2. The number of aryl methyl sites for hydroxylation is 2. The van der Waals surface area contributed by atoms with Gasteiger partial charge in [0.2, 0.25) is 5.36 Å². The Balaban J connectivity index is 0.000000682. The Morgan fingerprint density at radius 2 is 1.63 bits per heavy atom. The van der Waals surface area contributed by atoms with E-state index in [0.717, 1.165) is 79.3 Å². The first kappa shape index (κ1) is 30.5. The number of nitrogens with zero attached hydrogens (tertiary/aromatic N) is 2. The number of carboxylic acids is 2. The third kappa shape index (κ3) is 6.22. The number of benzene rings is 3. The molecule has 0 atom stereocenters. The molecule has 0 aliphatic carbocycles. The Morgan fingerprint density at radius 3 is 2.28 bits per heavy atom. The molecule has 3 heterocycles. The quantitative estimate of drug-likeness (QED) is 0.263. The molecular weight excluding hydrogens is 580 g/mol. The first-order valence-electron chi connectivity index (χ1n) is 14.0. The number of ether oxygens (including phenoxy) is 1. The van der Waals surface area contributed by atoms with Crippen molar-refractivity contribution >= 4 is 23.2 Å². The normalized spacial score (nSPS) is 15.3. The highest BCUT2D eigenvalue weighted by atomic mass is 35.7. The molecule has 43 heavy (non-hydrogen) atoms. The molecule has 0 amide bonds. The van der Waals surface area contributed by atoms with Gasteiger partial charge in [-0.05, 0) is 74.6 Å². The minimum Gasteiger partial charge on any atom is -0.478 e. The van der Waals surface area contributed by atoms with E-state index in [4.69, 9.17) is 23.4 Å². The van der Waals surface area contributed by atoms with E-state index in [9.17, 15) is 19.8 Å². The zero-order valence-electron chi connectivity index (χ0n) is 23.7. The average molecular weight is 611 g/mol. The second-order valence-electron chi connectivity index (χ2n) is 10.5. The Kier molecular flexibility index (Phi) is 8.46. The molecule has 0 saturated heterocycles. The largest absolute Gasteiger partial charge is 0.478 e. The van der Waals surface area contributed by atoms with Crippen LogP contribution in [0.3, 0.4) is 0 Å². The van der Waals surface area contributed by atoms with E-state index in [2.05, 4.69) is 47.6 Å². The van der Waals surface area contributed by atoms with Crippen LogP contribution in [0.4, 0.5) is 5.69 Å². The highest BCUT2D eigenvalue weighted by Gasteiger charge is 2.29. The van der Waals surface area contributed by atoms with E-state index in [1.807, 2.05) is 0 Å². The summed E-state index contributed by atoms with van der Waals surface area (Å²) in [4.78, 5) is 26.7. The van der Waals surface area contributed by atoms with Gasteiger partial charge in [0.25, 0.3) is 0 Å². The van der Waals surface area contributed by atoms with Gasteiger partial charge in [-0.15, -0.1) is 10.2 Å². The number of rotatable bonds is 5. The summed E-state index contributed by atoms with van der Waals surface area (Å²) in [7, 11) is -4.94. The SMILES string of the molecule is CCN1CCCc2cc3c(cc21)Oc1cc2c(cc1=C3c1cc(C(=O)O)ccc1C(=O)O)CCC[N+]=2CC.[O-][Cl+3]([O-])([O-])[O-]. The summed E-state index contributed by atoms with van der Waals surface area (Å²) < 4.78 is 42.9. The molecule has 11 nitrogen and oxygen atoms in total. The molecule has 0 unspecified atom stereocenters. The fourth-order valence-corrected chi connectivity index (χ4v) is 6.22. The van der Waals surface area contributed by atoms with Crippen molar-refractivity contribution in [2.24, 2.45) is 0 Å². The van der Waals surface area contributed by atoms with Crippen LogP contribution in [0.15, 0.2) is 42.5 Å². The molecule has 0 radical (unpaired) electrons. The summed E-state index contributed by atoms with van der Waals surface area (Å²) in [5.41, 5.74) is 5.59. The van der Waals surface area contributed by atoms with Crippen LogP contribution in [-0.2, 0) is 12.8 Å². The summed E-state index contributed by atoms with van der Waals surface area (Å²) >= 11 is 0. The molecule has 0 saturated carbocycles. The van der Waals surface area contributed by atoms with Gasteiger partial charge in [-0.25, -0.2) is 32.8 Å². The molecule has 3 aliphatic heterocycles. The predicted molar refractivity (Wildman–Crippen MR) is 145 cm³/mol. The van der Waals surface area contributed by atoms with E-state index in [0.29, 0.717) is 17.1 Å². The van der Waals surface area contributed by atoms with Gasteiger partial charge in [0.15, 0.2) is 0 Å². The van der Waals surface area contributed by atoms with Gasteiger partial charge in [0.05, 0.1) is 17.2 Å². The predicted octanol–water partition coefficient (Wildman–Crippen LogP) is -1.09. The molecular formula is C31H31ClN2O9. The second kappa shape index (κ2) is 11.9. The standard InChI is InChI=1S/C31H30N2O5.ClHO4/c1-3-32-11-5-7-18-13-23-27(16-25(18)32)38-28-17-26-19(8-6-12-33(26)4-2)14-24(28)29(23)22-15-20(30(34)35)9-10-21(22)31(36)37;2-1(3,4)5/h9-10,13-17H,3-8,11-12H2,1-2H3,(H-,34,35,36,37);(H,2,3,4,5). The van der Waals surface area contributed by atoms with Gasteiger partial charge in [-0.1, -0.05) is 0 Å². The van der Waals surface area contributed by atoms with Crippen LogP contribution in [0.1, 0.15) is 69.7 Å². The van der Waals surface area contributed by atoms with E-state index < -0.39 is 22.2 Å². The number of hydrogen-bond acceptors (Lipinski definition) is 8. The summed E-state index contributed by atoms with van der Waals surface area (Å²) in [6.45, 7) is 8.04. The molecule has 226 valence electrons. The molecule has 3 aromatic rings. The maximum atomic E-state index is 12.4. The zero-order valence-corrected chi connectivity index (χ0v) is 24.5. The van der Waals surface area contributed by atoms with Crippen molar-refractivity contribution < 1.29 is 53.4 Å². The maximum absolute atomic E-state index is 12.4. The Bertz CT molecular complexity index is 1740. The monoisotopic (exact) mass is 610 g/mol. The second-order valence-corrected chi connectivity index (χ2v) is 11.3. The van der Waals surface area contributed by atoms with Crippen molar-refractivity contribution in [2.75, 3.05) is 31.1 Å². The summed E-state index contributed by atoms with van der Waals surface area (Å²) in [5, 5.41) is 21.9. The first-order chi connectivity index (χ1) is 20.4. The molecule has 3 aliphatic rings. The number of aromatic carboxylic acids is 2. The van der Waals surface area contributed by atoms with Crippen LogP contribution in [0.25, 0.3) is 5.57 Å². The van der Waals surface area contributed by atoms with Gasteiger partial charge in [-0.2, -0.15) is 0 Å². The zero-order chi connectivity index (χ0) is 31.1. The average Bonchev–Trinajstić information content (AvgIpc) is 2.96. The summed E-state index contributed by atoms with van der Waals surface area (Å²) in [6, 6.07) is 12.7. The lowest BCUT2D eigenvalue weighted by Crippen LogP contribution is -2.68. The molecule has 12 heteroatoms. The van der Waals surface area contributed by atoms with Crippen molar-refractivity contribution in [3.8, 4) is 11.5 Å². The van der Waals surface area contributed by atoms with Crippen LogP contribution >= 0.6 is 0 Å². The molecule has 0 fully saturated rings. The highest BCUT2D eigenvalue weighted by Crippen LogP contribution is 2.42. The number of hydrogen-bond donors (Lipinski definition) is 2. The van der Waals surface area contributed by atoms with Crippen molar-refractivity contribution in [3.63, 3.8) is 0 Å². The minimum atomic E-state index is -4.94. The van der Waals surface area contributed by atoms with Gasteiger partial charge in [-0.3, -0.25) is 0 Å². The fourth-order valence-electron chi connectivity index (χ4n) is 6.22. The van der Waals surface area contributed by atoms with E-state index >= 15 is 0 Å². The number of halogens is 1. The lowest BCUT2D eigenvalue weighted by Gasteiger charge is -2.32.